The molecule has 0 saturated carbocycles. The van der Waals surface area contributed by atoms with Crippen LogP contribution in [0.4, 0.5) is 0 Å². The van der Waals surface area contributed by atoms with Crippen molar-refractivity contribution in [1.82, 2.24) is 0 Å². The van der Waals surface area contributed by atoms with Crippen LogP contribution in [-0.2, 0) is 14.2 Å². The highest BCUT2D eigenvalue weighted by Crippen LogP contribution is 2.28. The van der Waals surface area contributed by atoms with Crippen LogP contribution < -0.4 is 0 Å². The van der Waals surface area contributed by atoms with Crippen molar-refractivity contribution in [3.63, 3.8) is 0 Å². The topological polar surface area (TPSA) is 190 Å². The molecule has 23 heavy (non-hydrogen) atoms. The number of ether oxygens (including phenoxy) is 3. The van der Waals surface area contributed by atoms with E-state index >= 15 is 0 Å². The summed E-state index contributed by atoms with van der Waals surface area (Å²) in [6.07, 6.45) is -15.6. The second kappa shape index (κ2) is 7.63. The van der Waals surface area contributed by atoms with Gasteiger partial charge in [-0.25, -0.2) is 0 Å². The smallest absolute Gasteiger partial charge is 0.187 e. The summed E-state index contributed by atoms with van der Waals surface area (Å²) in [6, 6.07) is 0. The van der Waals surface area contributed by atoms with Gasteiger partial charge in [0.1, 0.15) is 48.8 Å². The van der Waals surface area contributed by atoms with Gasteiger partial charge in [-0.3, -0.25) is 0 Å². The number of aliphatic hydroxyl groups excluding tert-OH is 8. The zero-order valence-electron chi connectivity index (χ0n) is 12.0. The van der Waals surface area contributed by atoms with E-state index in [0.29, 0.717) is 0 Å². The first kappa shape index (κ1) is 18.9. The summed E-state index contributed by atoms with van der Waals surface area (Å²) in [5, 5.41) is 76.5. The van der Waals surface area contributed by atoms with Crippen molar-refractivity contribution in [3.8, 4) is 0 Å². The molecule has 0 bridgehead atoms. The van der Waals surface area contributed by atoms with Gasteiger partial charge >= 0.3 is 0 Å². The molecular formula is C12H22O11. The molecule has 2 aliphatic rings. The summed E-state index contributed by atoms with van der Waals surface area (Å²) in [5.74, 6) is 0. The Hall–Kier alpha value is -0.440. The molecule has 0 spiro atoms. The van der Waals surface area contributed by atoms with E-state index in [1.807, 2.05) is 0 Å². The lowest BCUT2D eigenvalue weighted by atomic mass is 9.97. The molecule has 2 unspecified atom stereocenters. The van der Waals surface area contributed by atoms with E-state index in [4.69, 9.17) is 19.3 Å². The van der Waals surface area contributed by atoms with Crippen molar-refractivity contribution in [2.75, 3.05) is 13.2 Å². The molecule has 136 valence electrons. The quantitative estimate of drug-likeness (QED) is 0.243. The van der Waals surface area contributed by atoms with Gasteiger partial charge in [-0.2, -0.15) is 0 Å². The third-order valence-corrected chi connectivity index (χ3v) is 3.98. The Labute approximate surface area is 130 Å². The fraction of sp³-hybridized carbons (Fsp3) is 1.00. The highest BCUT2D eigenvalue weighted by molar-refractivity contribution is 4.93. The fourth-order valence-corrected chi connectivity index (χ4v) is 2.57. The van der Waals surface area contributed by atoms with Crippen LogP contribution in [0.1, 0.15) is 0 Å². The molecule has 0 amide bonds. The van der Waals surface area contributed by atoms with E-state index in [1.54, 1.807) is 0 Å². The third kappa shape index (κ3) is 3.65. The zero-order chi connectivity index (χ0) is 17.3. The van der Waals surface area contributed by atoms with E-state index < -0.39 is 74.6 Å². The largest absolute Gasteiger partial charge is 0.394 e. The molecule has 0 radical (unpaired) electrons. The van der Waals surface area contributed by atoms with Crippen LogP contribution in [0, 0.1) is 0 Å². The van der Waals surface area contributed by atoms with E-state index in [9.17, 15) is 35.7 Å². The van der Waals surface area contributed by atoms with E-state index in [2.05, 4.69) is 0 Å². The average Bonchev–Trinajstić information content (AvgIpc) is 2.55. The van der Waals surface area contributed by atoms with Crippen LogP contribution in [0.25, 0.3) is 0 Å². The monoisotopic (exact) mass is 342 g/mol. The maximum atomic E-state index is 9.94. The molecule has 0 aliphatic carbocycles. The SMILES string of the molecule is OC[C@H]1OC(O)[C@H](O)[C@@H](O)C1O[C@@H]1O[C@H](CO)[C@H](O)[C@H](O)[C@H]1O. The molecule has 10 atom stereocenters. The minimum Gasteiger partial charge on any atom is -0.394 e. The van der Waals surface area contributed by atoms with Crippen molar-refractivity contribution in [2.45, 2.75) is 61.4 Å². The van der Waals surface area contributed by atoms with Crippen LogP contribution >= 0.6 is 0 Å². The van der Waals surface area contributed by atoms with Gasteiger partial charge in [0.15, 0.2) is 12.6 Å². The summed E-state index contributed by atoms with van der Waals surface area (Å²) in [7, 11) is 0. The summed E-state index contributed by atoms with van der Waals surface area (Å²) in [4.78, 5) is 0. The normalized spacial score (nSPS) is 51.7. The van der Waals surface area contributed by atoms with Gasteiger partial charge in [0.05, 0.1) is 13.2 Å². The summed E-state index contributed by atoms with van der Waals surface area (Å²) < 4.78 is 15.3. The first-order valence-corrected chi connectivity index (χ1v) is 7.08. The molecule has 0 aromatic carbocycles. The van der Waals surface area contributed by atoms with E-state index in [-0.39, 0.29) is 0 Å². The summed E-state index contributed by atoms with van der Waals surface area (Å²) in [5.41, 5.74) is 0. The molecular weight excluding hydrogens is 320 g/mol. The number of hydrogen-bond acceptors (Lipinski definition) is 11. The predicted octanol–water partition coefficient (Wildman–Crippen LogP) is -5.40. The maximum absolute atomic E-state index is 9.94. The zero-order valence-corrected chi connectivity index (χ0v) is 12.0. The minimum atomic E-state index is -1.74. The van der Waals surface area contributed by atoms with E-state index in [1.165, 1.54) is 0 Å². The molecule has 2 rings (SSSR count). The maximum Gasteiger partial charge on any atom is 0.187 e. The Morgan fingerprint density at radius 2 is 1.26 bits per heavy atom. The van der Waals surface area contributed by atoms with Crippen LogP contribution in [0.3, 0.4) is 0 Å². The molecule has 2 heterocycles. The van der Waals surface area contributed by atoms with Crippen LogP contribution in [0.5, 0.6) is 0 Å². The minimum absolute atomic E-state index is 0.667. The molecule has 2 aliphatic heterocycles. The van der Waals surface area contributed by atoms with Gasteiger partial charge in [-0.1, -0.05) is 0 Å². The molecule has 0 aromatic rings. The lowest BCUT2D eigenvalue weighted by molar-refractivity contribution is -0.355. The van der Waals surface area contributed by atoms with Gasteiger partial charge in [-0.15, -0.1) is 0 Å². The highest BCUT2D eigenvalue weighted by Gasteiger charge is 2.50. The van der Waals surface area contributed by atoms with Crippen molar-refractivity contribution in [2.24, 2.45) is 0 Å². The molecule has 0 aromatic heterocycles. The van der Waals surface area contributed by atoms with Crippen LogP contribution in [-0.4, -0.2) is 115 Å². The van der Waals surface area contributed by atoms with Gasteiger partial charge in [-0.05, 0) is 0 Å². The molecule has 2 fully saturated rings. The molecule has 2 saturated heterocycles. The first-order chi connectivity index (χ1) is 10.8. The number of aliphatic hydroxyl groups is 8. The Balaban J connectivity index is 2.11. The predicted molar refractivity (Wildman–Crippen MR) is 68.6 cm³/mol. The lowest BCUT2D eigenvalue weighted by Gasteiger charge is -2.45. The van der Waals surface area contributed by atoms with Gasteiger partial charge in [0, 0.05) is 0 Å². The third-order valence-electron chi connectivity index (χ3n) is 3.98. The van der Waals surface area contributed by atoms with Gasteiger partial charge in [0.25, 0.3) is 0 Å². The van der Waals surface area contributed by atoms with Gasteiger partial charge in [0.2, 0.25) is 0 Å². The number of rotatable bonds is 4. The second-order valence-electron chi connectivity index (χ2n) is 5.53. The van der Waals surface area contributed by atoms with Crippen LogP contribution in [0.2, 0.25) is 0 Å². The molecule has 11 heteroatoms. The summed E-state index contributed by atoms with van der Waals surface area (Å²) in [6.45, 7) is -1.35. The lowest BCUT2D eigenvalue weighted by Crippen LogP contribution is -2.64. The Morgan fingerprint density at radius 1 is 0.652 bits per heavy atom. The Bertz CT molecular complexity index is 378. The van der Waals surface area contributed by atoms with Crippen molar-refractivity contribution in [3.05, 3.63) is 0 Å². The van der Waals surface area contributed by atoms with Crippen molar-refractivity contribution >= 4 is 0 Å². The first-order valence-electron chi connectivity index (χ1n) is 7.08. The summed E-state index contributed by atoms with van der Waals surface area (Å²) >= 11 is 0. The fourth-order valence-electron chi connectivity index (χ4n) is 2.57. The average molecular weight is 342 g/mol. The molecule has 11 nitrogen and oxygen atoms in total. The van der Waals surface area contributed by atoms with Crippen LogP contribution in [0.15, 0.2) is 0 Å². The standard InChI is InChI=1S/C12H22O11/c13-1-3-5(15)6(16)9(19)12(22-3)23-10-4(2-14)21-11(20)8(18)7(10)17/h3-20H,1-2H2/t3-,4-,5+,6+,7-,8-,9-,10?,11?,12+/m1/s1. The van der Waals surface area contributed by atoms with Crippen molar-refractivity contribution in [1.29, 1.82) is 0 Å². The highest BCUT2D eigenvalue weighted by atomic mass is 16.7. The molecule has 8 N–H and O–H groups in total. The van der Waals surface area contributed by atoms with Crippen molar-refractivity contribution < 1.29 is 55.1 Å². The Morgan fingerprint density at radius 3 is 1.83 bits per heavy atom. The van der Waals surface area contributed by atoms with Gasteiger partial charge < -0.3 is 55.1 Å². The number of hydrogen-bond donors (Lipinski definition) is 8. The van der Waals surface area contributed by atoms with E-state index in [0.717, 1.165) is 0 Å². The Kier molecular flexibility index (Phi) is 6.27. The second-order valence-corrected chi connectivity index (χ2v) is 5.53.